The van der Waals surface area contributed by atoms with Crippen LogP contribution in [0.1, 0.15) is 73.9 Å². The molecule has 1 aliphatic carbocycles. The maximum absolute atomic E-state index is 13.2. The number of benzene rings is 1. The molecule has 5 nitrogen and oxygen atoms in total. The van der Waals surface area contributed by atoms with E-state index >= 15 is 0 Å². The van der Waals surface area contributed by atoms with E-state index < -0.39 is 10.0 Å². The van der Waals surface area contributed by atoms with E-state index in [1.807, 2.05) is 25.1 Å². The van der Waals surface area contributed by atoms with Crippen LogP contribution >= 0.6 is 0 Å². The van der Waals surface area contributed by atoms with Crippen LogP contribution in [0.2, 0.25) is 0 Å². The van der Waals surface area contributed by atoms with Crippen molar-refractivity contribution in [2.75, 3.05) is 6.54 Å². The van der Waals surface area contributed by atoms with E-state index in [0.29, 0.717) is 23.1 Å². The SMILES string of the molecule is Cc1cc(C2CCCN2S(=O)(=O)c2ccc(C3CCCCC3)cc2)on1. The summed E-state index contributed by atoms with van der Waals surface area (Å²) in [6.07, 6.45) is 7.90. The van der Waals surface area contributed by atoms with Gasteiger partial charge in [0.1, 0.15) is 0 Å². The highest BCUT2D eigenvalue weighted by Gasteiger charge is 2.38. The van der Waals surface area contributed by atoms with Crippen molar-refractivity contribution in [1.82, 2.24) is 9.46 Å². The quantitative estimate of drug-likeness (QED) is 0.787. The van der Waals surface area contributed by atoms with E-state index in [1.165, 1.54) is 37.7 Å². The third-order valence-corrected chi connectivity index (χ3v) is 7.66. The molecule has 0 amide bonds. The number of aryl methyl sites for hydroxylation is 1. The summed E-state index contributed by atoms with van der Waals surface area (Å²) in [6.45, 7) is 2.38. The van der Waals surface area contributed by atoms with E-state index in [-0.39, 0.29) is 6.04 Å². The Morgan fingerprint density at radius 1 is 1.04 bits per heavy atom. The Bertz CT molecular complexity index is 851. The third-order valence-electron chi connectivity index (χ3n) is 5.74. The first-order valence-corrected chi connectivity index (χ1v) is 11.0. The molecule has 26 heavy (non-hydrogen) atoms. The van der Waals surface area contributed by atoms with Gasteiger partial charge in [-0.05, 0) is 56.2 Å². The van der Waals surface area contributed by atoms with Gasteiger partial charge in [-0.1, -0.05) is 36.6 Å². The third kappa shape index (κ3) is 3.32. The molecule has 6 heteroatoms. The van der Waals surface area contributed by atoms with E-state index in [2.05, 4.69) is 5.16 Å². The number of nitrogens with zero attached hydrogens (tertiary/aromatic N) is 2. The van der Waals surface area contributed by atoms with Gasteiger partial charge in [0.2, 0.25) is 10.0 Å². The zero-order valence-corrected chi connectivity index (χ0v) is 16.0. The summed E-state index contributed by atoms with van der Waals surface area (Å²) in [4.78, 5) is 0.375. The molecule has 1 aliphatic heterocycles. The van der Waals surface area contributed by atoms with Crippen molar-refractivity contribution in [2.45, 2.75) is 68.7 Å². The van der Waals surface area contributed by atoms with Crippen LogP contribution in [-0.2, 0) is 10.0 Å². The van der Waals surface area contributed by atoms with Crippen molar-refractivity contribution in [1.29, 1.82) is 0 Å². The van der Waals surface area contributed by atoms with Crippen LogP contribution in [0.5, 0.6) is 0 Å². The molecule has 1 saturated heterocycles. The van der Waals surface area contributed by atoms with Crippen LogP contribution < -0.4 is 0 Å². The molecule has 2 fully saturated rings. The molecular formula is C20H26N2O3S. The second-order valence-corrected chi connectivity index (χ2v) is 9.44. The molecule has 0 radical (unpaired) electrons. The van der Waals surface area contributed by atoms with Gasteiger partial charge in [-0.2, -0.15) is 4.31 Å². The van der Waals surface area contributed by atoms with Gasteiger partial charge in [-0.25, -0.2) is 8.42 Å². The lowest BCUT2D eigenvalue weighted by molar-refractivity contribution is 0.297. The first kappa shape index (κ1) is 17.7. The Balaban J connectivity index is 1.57. The zero-order chi connectivity index (χ0) is 18.1. The minimum Gasteiger partial charge on any atom is -0.359 e. The number of sulfonamides is 1. The van der Waals surface area contributed by atoms with Crippen LogP contribution in [-0.4, -0.2) is 24.4 Å². The molecule has 1 aromatic heterocycles. The summed E-state index contributed by atoms with van der Waals surface area (Å²) < 4.78 is 33.3. The summed E-state index contributed by atoms with van der Waals surface area (Å²) >= 11 is 0. The van der Waals surface area contributed by atoms with Crippen LogP contribution in [0.4, 0.5) is 0 Å². The lowest BCUT2D eigenvalue weighted by Gasteiger charge is -2.24. The van der Waals surface area contributed by atoms with Crippen LogP contribution in [0.15, 0.2) is 39.8 Å². The molecule has 1 saturated carbocycles. The zero-order valence-electron chi connectivity index (χ0n) is 15.2. The van der Waals surface area contributed by atoms with E-state index in [1.54, 1.807) is 16.4 Å². The monoisotopic (exact) mass is 374 g/mol. The van der Waals surface area contributed by atoms with E-state index in [9.17, 15) is 8.42 Å². The van der Waals surface area contributed by atoms with Crippen molar-refractivity contribution in [3.63, 3.8) is 0 Å². The Morgan fingerprint density at radius 2 is 1.77 bits per heavy atom. The Hall–Kier alpha value is -1.66. The maximum atomic E-state index is 13.2. The van der Waals surface area contributed by atoms with Gasteiger partial charge in [0, 0.05) is 12.6 Å². The molecule has 140 valence electrons. The lowest BCUT2D eigenvalue weighted by atomic mass is 9.84. The predicted molar refractivity (Wildman–Crippen MR) is 99.4 cm³/mol. The van der Waals surface area contributed by atoms with Crippen molar-refractivity contribution in [2.24, 2.45) is 0 Å². The number of rotatable bonds is 4. The Labute approximate surface area is 155 Å². The molecule has 1 aromatic carbocycles. The summed E-state index contributed by atoms with van der Waals surface area (Å²) in [5.74, 6) is 1.22. The average molecular weight is 375 g/mol. The van der Waals surface area contributed by atoms with E-state index in [0.717, 1.165) is 18.5 Å². The predicted octanol–water partition coefficient (Wildman–Crippen LogP) is 4.56. The van der Waals surface area contributed by atoms with Gasteiger partial charge in [0.05, 0.1) is 16.6 Å². The molecule has 1 atom stereocenters. The minimum absolute atomic E-state index is 0.251. The number of hydrogen-bond acceptors (Lipinski definition) is 4. The van der Waals surface area contributed by atoms with Crippen molar-refractivity contribution in [3.05, 3.63) is 47.3 Å². The molecule has 4 rings (SSSR count). The molecule has 0 N–H and O–H groups in total. The number of hydrogen-bond donors (Lipinski definition) is 0. The van der Waals surface area contributed by atoms with E-state index in [4.69, 9.17) is 4.52 Å². The topological polar surface area (TPSA) is 63.4 Å². The van der Waals surface area contributed by atoms with Crippen molar-refractivity contribution in [3.8, 4) is 0 Å². The average Bonchev–Trinajstić information content (AvgIpc) is 3.31. The van der Waals surface area contributed by atoms with Gasteiger partial charge in [-0.15, -0.1) is 0 Å². The first-order valence-electron chi connectivity index (χ1n) is 9.61. The fourth-order valence-corrected chi connectivity index (χ4v) is 6.00. The van der Waals surface area contributed by atoms with Crippen LogP contribution in [0, 0.1) is 6.92 Å². The summed E-state index contributed by atoms with van der Waals surface area (Å²) in [5.41, 5.74) is 2.05. The summed E-state index contributed by atoms with van der Waals surface area (Å²) in [7, 11) is -3.53. The second-order valence-electron chi connectivity index (χ2n) is 7.55. The highest BCUT2D eigenvalue weighted by molar-refractivity contribution is 7.89. The minimum atomic E-state index is -3.53. The highest BCUT2D eigenvalue weighted by atomic mass is 32.2. The van der Waals surface area contributed by atoms with Crippen molar-refractivity contribution < 1.29 is 12.9 Å². The van der Waals surface area contributed by atoms with Crippen LogP contribution in [0.25, 0.3) is 0 Å². The van der Waals surface area contributed by atoms with Gasteiger partial charge >= 0.3 is 0 Å². The van der Waals surface area contributed by atoms with Crippen molar-refractivity contribution >= 4 is 10.0 Å². The van der Waals surface area contributed by atoms with Gasteiger partial charge in [0.15, 0.2) is 5.76 Å². The van der Waals surface area contributed by atoms with Gasteiger partial charge < -0.3 is 4.52 Å². The molecular weight excluding hydrogens is 348 g/mol. The Kier molecular flexibility index (Phi) is 4.88. The normalized spacial score (nSPS) is 22.7. The maximum Gasteiger partial charge on any atom is 0.243 e. The number of aromatic nitrogens is 1. The van der Waals surface area contributed by atoms with Crippen LogP contribution in [0.3, 0.4) is 0 Å². The smallest absolute Gasteiger partial charge is 0.243 e. The summed E-state index contributed by atoms with van der Waals surface area (Å²) in [5, 5.41) is 3.92. The largest absolute Gasteiger partial charge is 0.359 e. The molecule has 0 bridgehead atoms. The first-order chi connectivity index (χ1) is 12.6. The second kappa shape index (κ2) is 7.16. The molecule has 2 aliphatic rings. The standard InChI is InChI=1S/C20H26N2O3S/c1-15-14-20(25-21-15)19-8-5-13-22(19)26(23,24)18-11-9-17(10-12-18)16-6-3-2-4-7-16/h9-12,14,16,19H,2-8,13H2,1H3. The molecule has 0 spiro atoms. The molecule has 1 unspecified atom stereocenters. The van der Waals surface area contributed by atoms with Gasteiger partial charge in [0.25, 0.3) is 0 Å². The fourth-order valence-electron chi connectivity index (χ4n) is 4.34. The fraction of sp³-hybridized carbons (Fsp3) is 0.550. The lowest BCUT2D eigenvalue weighted by Crippen LogP contribution is -2.30. The Morgan fingerprint density at radius 3 is 2.42 bits per heavy atom. The molecule has 2 aromatic rings. The summed E-state index contributed by atoms with van der Waals surface area (Å²) in [6, 6.07) is 9.16. The highest BCUT2D eigenvalue weighted by Crippen LogP contribution is 2.38. The molecule has 2 heterocycles. The van der Waals surface area contributed by atoms with Gasteiger partial charge in [-0.3, -0.25) is 0 Å².